The summed E-state index contributed by atoms with van der Waals surface area (Å²) in [5, 5.41) is 13.6. The highest BCUT2D eigenvalue weighted by Crippen LogP contribution is 2.54. The number of ketones is 1. The molecule has 7 heteroatoms. The molecule has 0 amide bonds. The van der Waals surface area contributed by atoms with Gasteiger partial charge in [-0.25, -0.2) is 16.6 Å². The average molecular weight is 453 g/mol. The van der Waals surface area contributed by atoms with Gasteiger partial charge < -0.3 is 0 Å². The Morgan fingerprint density at radius 2 is 1.47 bits per heavy atom. The van der Waals surface area contributed by atoms with Crippen LogP contribution in [0.15, 0.2) is 82.1 Å². The van der Waals surface area contributed by atoms with Gasteiger partial charge in [-0.15, -0.1) is 0 Å². The van der Waals surface area contributed by atoms with E-state index in [2.05, 4.69) is 82.1 Å². The molecule has 2 aliphatic rings. The molecule has 172 valence electrons. The molecular formula is C27H28N6O. The SMILES string of the molecule is N=NC1CC2(CCC(N=N)(c3ccc(Cc4ccc5ccccc5c4)cc3)CC2)C(=O)C1N=N. The second-order valence-electron chi connectivity index (χ2n) is 9.82. The first-order valence-electron chi connectivity index (χ1n) is 11.8. The van der Waals surface area contributed by atoms with Crippen molar-refractivity contribution in [1.29, 1.82) is 16.6 Å². The molecule has 0 radical (unpaired) electrons. The summed E-state index contributed by atoms with van der Waals surface area (Å²) in [6.45, 7) is 0. The lowest BCUT2D eigenvalue weighted by Crippen LogP contribution is -2.39. The van der Waals surface area contributed by atoms with Gasteiger partial charge in [0.05, 0.1) is 0 Å². The molecule has 0 saturated heterocycles. The Hall–Kier alpha value is -3.61. The molecule has 3 N–H and O–H groups in total. The van der Waals surface area contributed by atoms with Gasteiger partial charge in [-0.2, -0.15) is 15.3 Å². The Labute approximate surface area is 198 Å². The van der Waals surface area contributed by atoms with E-state index < -0.39 is 23.0 Å². The number of carbonyl (C=O) groups is 1. The number of hydrogen-bond acceptors (Lipinski definition) is 7. The smallest absolute Gasteiger partial charge is 0.167 e. The van der Waals surface area contributed by atoms with Crippen LogP contribution >= 0.6 is 0 Å². The first-order valence-corrected chi connectivity index (χ1v) is 11.8. The van der Waals surface area contributed by atoms with Crippen LogP contribution in [0.5, 0.6) is 0 Å². The van der Waals surface area contributed by atoms with Crippen molar-refractivity contribution in [2.75, 3.05) is 0 Å². The van der Waals surface area contributed by atoms with Crippen molar-refractivity contribution in [3.63, 3.8) is 0 Å². The van der Waals surface area contributed by atoms with Gasteiger partial charge in [-0.3, -0.25) is 4.79 Å². The second kappa shape index (κ2) is 8.63. The van der Waals surface area contributed by atoms with Crippen molar-refractivity contribution in [1.82, 2.24) is 0 Å². The summed E-state index contributed by atoms with van der Waals surface area (Å²) in [4.78, 5) is 13.0. The first kappa shape index (κ1) is 22.2. The number of nitrogens with one attached hydrogen (secondary N) is 3. The maximum Gasteiger partial charge on any atom is 0.167 e. The molecule has 0 heterocycles. The number of benzene rings is 3. The molecule has 34 heavy (non-hydrogen) atoms. The number of carbonyl (C=O) groups excluding carboxylic acids is 1. The summed E-state index contributed by atoms with van der Waals surface area (Å²) in [5.41, 5.74) is 25.0. The van der Waals surface area contributed by atoms with E-state index in [0.29, 0.717) is 32.1 Å². The van der Waals surface area contributed by atoms with Crippen LogP contribution < -0.4 is 0 Å². The predicted octanol–water partition coefficient (Wildman–Crippen LogP) is 6.99. The third-order valence-corrected chi connectivity index (χ3v) is 8.02. The largest absolute Gasteiger partial charge is 0.296 e. The number of hydrogen-bond donors (Lipinski definition) is 3. The molecule has 0 aromatic heterocycles. The van der Waals surface area contributed by atoms with Gasteiger partial charge in [0.2, 0.25) is 0 Å². The molecule has 0 aliphatic heterocycles. The molecule has 2 atom stereocenters. The van der Waals surface area contributed by atoms with E-state index in [1.54, 1.807) is 0 Å². The molecule has 2 saturated carbocycles. The van der Waals surface area contributed by atoms with Crippen LogP contribution in [-0.2, 0) is 16.8 Å². The summed E-state index contributed by atoms with van der Waals surface area (Å²) in [6, 6.07) is 22.0. The zero-order valence-electron chi connectivity index (χ0n) is 19.0. The van der Waals surface area contributed by atoms with Crippen LogP contribution in [-0.4, -0.2) is 17.9 Å². The van der Waals surface area contributed by atoms with Crippen LogP contribution in [0.25, 0.3) is 10.8 Å². The maximum absolute atomic E-state index is 13.0. The van der Waals surface area contributed by atoms with Gasteiger partial charge >= 0.3 is 0 Å². The van der Waals surface area contributed by atoms with Gasteiger partial charge in [0.15, 0.2) is 11.8 Å². The maximum atomic E-state index is 13.0. The first-order chi connectivity index (χ1) is 16.5. The van der Waals surface area contributed by atoms with E-state index in [1.165, 1.54) is 21.9 Å². The average Bonchev–Trinajstić information content (AvgIpc) is 3.15. The van der Waals surface area contributed by atoms with E-state index in [0.717, 1.165) is 12.0 Å². The highest BCUT2D eigenvalue weighted by Gasteiger charge is 2.57. The molecule has 0 bridgehead atoms. The fraction of sp³-hybridized carbons (Fsp3) is 0.370. The van der Waals surface area contributed by atoms with Crippen molar-refractivity contribution >= 4 is 16.6 Å². The van der Waals surface area contributed by atoms with Crippen molar-refractivity contribution in [2.45, 2.75) is 56.1 Å². The summed E-state index contributed by atoms with van der Waals surface area (Å²) < 4.78 is 0. The fourth-order valence-electron chi connectivity index (χ4n) is 5.94. The lowest BCUT2D eigenvalue weighted by molar-refractivity contribution is -0.129. The molecule has 2 aliphatic carbocycles. The Morgan fingerprint density at radius 1 is 0.794 bits per heavy atom. The molecule has 1 spiro atoms. The van der Waals surface area contributed by atoms with Crippen LogP contribution in [0.2, 0.25) is 0 Å². The van der Waals surface area contributed by atoms with Crippen molar-refractivity contribution in [3.8, 4) is 0 Å². The van der Waals surface area contributed by atoms with Crippen LogP contribution in [0.3, 0.4) is 0 Å². The molecule has 3 aromatic carbocycles. The van der Waals surface area contributed by atoms with E-state index in [1.807, 2.05) is 0 Å². The normalized spacial score (nSPS) is 28.8. The monoisotopic (exact) mass is 452 g/mol. The summed E-state index contributed by atoms with van der Waals surface area (Å²) >= 11 is 0. The minimum atomic E-state index is -0.827. The number of nitrogens with zero attached hydrogens (tertiary/aromatic N) is 3. The van der Waals surface area contributed by atoms with Gasteiger partial charge in [0, 0.05) is 5.41 Å². The van der Waals surface area contributed by atoms with E-state index in [-0.39, 0.29) is 5.78 Å². The molecule has 2 unspecified atom stereocenters. The minimum absolute atomic E-state index is 0.0622. The highest BCUT2D eigenvalue weighted by molar-refractivity contribution is 5.93. The third-order valence-electron chi connectivity index (χ3n) is 8.02. The highest BCUT2D eigenvalue weighted by atomic mass is 16.1. The third kappa shape index (κ3) is 3.65. The number of rotatable bonds is 6. The van der Waals surface area contributed by atoms with Crippen LogP contribution in [0, 0.1) is 22.0 Å². The summed E-state index contributed by atoms with van der Waals surface area (Å²) in [5.74, 6) is -0.0622. The summed E-state index contributed by atoms with van der Waals surface area (Å²) in [6.07, 6.45) is 3.69. The van der Waals surface area contributed by atoms with Gasteiger partial charge in [0.25, 0.3) is 0 Å². The van der Waals surface area contributed by atoms with Gasteiger partial charge in [0.1, 0.15) is 11.6 Å². The Kier molecular flexibility index (Phi) is 5.63. The van der Waals surface area contributed by atoms with Crippen molar-refractivity contribution in [2.24, 2.45) is 20.8 Å². The predicted molar refractivity (Wildman–Crippen MR) is 128 cm³/mol. The Balaban J connectivity index is 1.32. The molecule has 5 rings (SSSR count). The second-order valence-corrected chi connectivity index (χ2v) is 9.82. The Bertz CT molecular complexity index is 1260. The van der Waals surface area contributed by atoms with Crippen LogP contribution in [0.1, 0.15) is 48.8 Å². The standard InChI is InChI=1S/C27H28N6O/c28-31-23-17-26(25(34)24(23)32-29)11-13-27(33-30,14-12-26)22-9-6-18(7-10-22)15-19-5-8-20-3-1-2-4-21(20)16-19/h1-10,16,23-24,28-30H,11-15,17H2. The Morgan fingerprint density at radius 3 is 2.09 bits per heavy atom. The number of Topliss-reactive ketones (excluding diaryl/α,β-unsaturated/α-hetero) is 1. The molecule has 7 nitrogen and oxygen atoms in total. The van der Waals surface area contributed by atoms with Gasteiger partial charge in [-0.1, -0.05) is 66.7 Å². The number of fused-ring (bicyclic) bond motifs is 1. The zero-order valence-corrected chi connectivity index (χ0v) is 19.0. The summed E-state index contributed by atoms with van der Waals surface area (Å²) in [7, 11) is 0. The quantitative estimate of drug-likeness (QED) is 0.342. The molecular weight excluding hydrogens is 424 g/mol. The topological polar surface area (TPSA) is 126 Å². The van der Waals surface area contributed by atoms with Crippen molar-refractivity contribution in [3.05, 3.63) is 83.4 Å². The lowest BCUT2D eigenvalue weighted by atomic mass is 9.64. The van der Waals surface area contributed by atoms with Gasteiger partial charge in [-0.05, 0) is 66.0 Å². The molecule has 2 fully saturated rings. The minimum Gasteiger partial charge on any atom is -0.296 e. The molecule has 3 aromatic rings. The van der Waals surface area contributed by atoms with E-state index >= 15 is 0 Å². The fourth-order valence-corrected chi connectivity index (χ4v) is 5.94. The van der Waals surface area contributed by atoms with Crippen molar-refractivity contribution < 1.29 is 4.79 Å². The zero-order chi connectivity index (χ0) is 23.8. The van der Waals surface area contributed by atoms with E-state index in [9.17, 15) is 4.79 Å². The lowest BCUT2D eigenvalue weighted by Gasteiger charge is -2.41. The van der Waals surface area contributed by atoms with Crippen LogP contribution in [0.4, 0.5) is 0 Å². The van der Waals surface area contributed by atoms with E-state index in [4.69, 9.17) is 16.6 Å².